The fraction of sp³-hybridized carbons (Fsp3) is 0.312. The molecule has 2 heterocycles. The van der Waals surface area contributed by atoms with Crippen LogP contribution in [0.5, 0.6) is 0 Å². The molecule has 0 N–H and O–H groups in total. The van der Waals surface area contributed by atoms with Crippen LogP contribution in [-0.2, 0) is 17.9 Å². The number of para-hydroxylation sites is 1. The summed E-state index contributed by atoms with van der Waals surface area (Å²) < 4.78 is 8.63. The van der Waals surface area contributed by atoms with Crippen LogP contribution in [0.2, 0.25) is 0 Å². The number of nitrogens with zero attached hydrogens (tertiary/aromatic N) is 2. The van der Waals surface area contributed by atoms with Crippen LogP contribution in [0, 0.1) is 6.92 Å². The molecule has 0 spiro atoms. The van der Waals surface area contributed by atoms with Crippen molar-refractivity contribution >= 4 is 21.9 Å². The molecule has 176 valence electrons. The topological polar surface area (TPSA) is 29.9 Å². The quantitative estimate of drug-likeness (QED) is 0.251. The summed E-state index contributed by atoms with van der Waals surface area (Å²) in [7, 11) is 2.04. The van der Waals surface area contributed by atoms with Gasteiger partial charge in [-0.2, -0.15) is 0 Å². The Morgan fingerprint density at radius 1 is 0.829 bits per heavy atom. The maximum atomic E-state index is 6.56. The molecule has 3 nitrogen and oxygen atoms in total. The summed E-state index contributed by atoms with van der Waals surface area (Å²) in [6.07, 6.45) is 6.13. The van der Waals surface area contributed by atoms with E-state index in [1.165, 1.54) is 40.7 Å². The molecule has 0 saturated carbocycles. The number of benzene rings is 3. The van der Waals surface area contributed by atoms with E-state index in [1.54, 1.807) is 0 Å². The second-order valence-electron chi connectivity index (χ2n) is 11.6. The highest BCUT2D eigenvalue weighted by Gasteiger charge is 2.37. The molecule has 35 heavy (non-hydrogen) atoms. The Kier molecular flexibility index (Phi) is 4.73. The van der Waals surface area contributed by atoms with Gasteiger partial charge in [-0.25, -0.2) is 4.57 Å². The predicted octanol–water partition coefficient (Wildman–Crippen LogP) is 7.80. The van der Waals surface area contributed by atoms with Gasteiger partial charge in [0.1, 0.15) is 23.1 Å². The van der Waals surface area contributed by atoms with Crippen LogP contribution in [0.3, 0.4) is 0 Å². The highest BCUT2D eigenvalue weighted by Crippen LogP contribution is 2.47. The molecule has 1 aliphatic rings. The van der Waals surface area contributed by atoms with E-state index in [2.05, 4.69) is 98.8 Å². The summed E-state index contributed by atoms with van der Waals surface area (Å²) in [5.74, 6) is 0. The van der Waals surface area contributed by atoms with Crippen LogP contribution in [-0.4, -0.2) is 4.98 Å². The molecular formula is C32H33N2O+. The zero-order valence-electron chi connectivity index (χ0n) is 21.6. The van der Waals surface area contributed by atoms with Crippen molar-refractivity contribution < 1.29 is 8.98 Å². The SMILES string of the molecule is Cc1cc2oc3c(-c4ccc5c(c4)C(C)(C)CCC5(C)C)cccc3c2cc1-c1ccnc[n+]1C. The molecule has 0 fully saturated rings. The van der Waals surface area contributed by atoms with Gasteiger partial charge in [0.2, 0.25) is 0 Å². The molecule has 0 radical (unpaired) electrons. The standard InChI is InChI=1S/C32H33N2O/c1-20-16-29-25(18-24(20)28-12-15-33-19-34(28)6)23-9-7-8-22(30(23)35-29)21-10-11-26-27(17-21)32(4,5)14-13-31(26,2)3/h7-12,15-19H,13-14H2,1-6H3/q+1. The largest absolute Gasteiger partial charge is 0.455 e. The van der Waals surface area contributed by atoms with E-state index >= 15 is 0 Å². The van der Waals surface area contributed by atoms with Gasteiger partial charge < -0.3 is 4.42 Å². The average molecular weight is 462 g/mol. The maximum absolute atomic E-state index is 6.56. The van der Waals surface area contributed by atoms with Gasteiger partial charge in [0.15, 0.2) is 0 Å². The lowest BCUT2D eigenvalue weighted by atomic mass is 9.63. The number of hydrogen-bond donors (Lipinski definition) is 0. The summed E-state index contributed by atoms with van der Waals surface area (Å²) in [6.45, 7) is 11.7. The first-order chi connectivity index (χ1) is 16.7. The van der Waals surface area contributed by atoms with E-state index in [0.29, 0.717) is 0 Å². The highest BCUT2D eigenvalue weighted by atomic mass is 16.3. The Hall–Kier alpha value is -3.46. The molecule has 1 aliphatic carbocycles. The van der Waals surface area contributed by atoms with Crippen molar-refractivity contribution in [3.05, 3.63) is 83.8 Å². The summed E-state index contributed by atoms with van der Waals surface area (Å²) in [5, 5.41) is 2.31. The first-order valence-electron chi connectivity index (χ1n) is 12.6. The van der Waals surface area contributed by atoms with Crippen LogP contribution >= 0.6 is 0 Å². The smallest absolute Gasteiger partial charge is 0.286 e. The lowest BCUT2D eigenvalue weighted by Crippen LogP contribution is -2.33. The van der Waals surface area contributed by atoms with Crippen molar-refractivity contribution in [3.8, 4) is 22.4 Å². The number of furan rings is 1. The van der Waals surface area contributed by atoms with Crippen LogP contribution in [0.15, 0.2) is 71.5 Å². The van der Waals surface area contributed by atoms with Crippen molar-refractivity contribution in [1.82, 2.24) is 4.98 Å². The van der Waals surface area contributed by atoms with Crippen molar-refractivity contribution in [3.63, 3.8) is 0 Å². The minimum Gasteiger partial charge on any atom is -0.455 e. The van der Waals surface area contributed by atoms with Gasteiger partial charge in [-0.1, -0.05) is 69.1 Å². The summed E-state index contributed by atoms with van der Waals surface area (Å²) in [6, 6.07) is 20.1. The lowest BCUT2D eigenvalue weighted by Gasteiger charge is -2.42. The molecular weight excluding hydrogens is 428 g/mol. The van der Waals surface area contributed by atoms with Gasteiger partial charge in [-0.05, 0) is 65.0 Å². The minimum absolute atomic E-state index is 0.175. The Balaban J connectivity index is 1.57. The van der Waals surface area contributed by atoms with Crippen LogP contribution in [0.4, 0.5) is 0 Å². The third-order valence-corrected chi connectivity index (χ3v) is 8.22. The Bertz CT molecular complexity index is 1620. The molecule has 0 saturated heterocycles. The van der Waals surface area contributed by atoms with Crippen LogP contribution in [0.25, 0.3) is 44.3 Å². The van der Waals surface area contributed by atoms with E-state index in [1.807, 2.05) is 19.6 Å². The molecule has 2 aromatic heterocycles. The summed E-state index contributed by atoms with van der Waals surface area (Å²) in [4.78, 5) is 4.24. The molecule has 0 unspecified atom stereocenters. The van der Waals surface area contributed by atoms with Crippen molar-refractivity contribution in [2.75, 3.05) is 0 Å². The fourth-order valence-electron chi connectivity index (χ4n) is 5.92. The van der Waals surface area contributed by atoms with Crippen LogP contribution in [0.1, 0.15) is 57.2 Å². The van der Waals surface area contributed by atoms with Crippen molar-refractivity contribution in [1.29, 1.82) is 0 Å². The molecule has 0 amide bonds. The summed E-state index contributed by atoms with van der Waals surface area (Å²) >= 11 is 0. The Morgan fingerprint density at radius 3 is 2.37 bits per heavy atom. The molecule has 0 bridgehead atoms. The molecule has 3 aromatic carbocycles. The van der Waals surface area contributed by atoms with E-state index in [0.717, 1.165) is 33.2 Å². The Morgan fingerprint density at radius 2 is 1.60 bits per heavy atom. The summed E-state index contributed by atoms with van der Waals surface area (Å²) in [5.41, 5.74) is 11.2. The third-order valence-electron chi connectivity index (χ3n) is 8.22. The molecule has 5 aromatic rings. The van der Waals surface area contributed by atoms with Crippen LogP contribution < -0.4 is 4.57 Å². The van der Waals surface area contributed by atoms with Gasteiger partial charge in [0, 0.05) is 28.0 Å². The monoisotopic (exact) mass is 461 g/mol. The number of rotatable bonds is 2. The zero-order chi connectivity index (χ0) is 24.5. The van der Waals surface area contributed by atoms with E-state index in [9.17, 15) is 0 Å². The minimum atomic E-state index is 0.175. The molecule has 0 atom stereocenters. The molecule has 6 rings (SSSR count). The molecule has 0 aliphatic heterocycles. The first kappa shape index (κ1) is 22.0. The lowest BCUT2D eigenvalue weighted by molar-refractivity contribution is -0.663. The van der Waals surface area contributed by atoms with Gasteiger partial charge in [0.25, 0.3) is 6.33 Å². The van der Waals surface area contributed by atoms with Gasteiger partial charge in [-0.3, -0.25) is 0 Å². The Labute approximate surface area is 207 Å². The number of fused-ring (bicyclic) bond motifs is 4. The highest BCUT2D eigenvalue weighted by molar-refractivity contribution is 6.10. The first-order valence-corrected chi connectivity index (χ1v) is 12.6. The number of aryl methyl sites for hydroxylation is 2. The van der Waals surface area contributed by atoms with E-state index in [4.69, 9.17) is 4.42 Å². The van der Waals surface area contributed by atoms with E-state index in [-0.39, 0.29) is 10.8 Å². The van der Waals surface area contributed by atoms with Crippen molar-refractivity contribution in [2.45, 2.75) is 58.3 Å². The normalized spacial score (nSPS) is 16.5. The fourth-order valence-corrected chi connectivity index (χ4v) is 5.92. The van der Waals surface area contributed by atoms with Crippen molar-refractivity contribution in [2.24, 2.45) is 7.05 Å². The number of aromatic nitrogens is 2. The van der Waals surface area contributed by atoms with Gasteiger partial charge >= 0.3 is 0 Å². The second-order valence-corrected chi connectivity index (χ2v) is 11.6. The third kappa shape index (κ3) is 3.40. The van der Waals surface area contributed by atoms with Gasteiger partial charge in [0.05, 0.1) is 7.05 Å². The predicted molar refractivity (Wildman–Crippen MR) is 144 cm³/mol. The average Bonchev–Trinajstić information content (AvgIpc) is 3.19. The maximum Gasteiger partial charge on any atom is 0.286 e. The number of hydrogen-bond acceptors (Lipinski definition) is 2. The van der Waals surface area contributed by atoms with Gasteiger partial charge in [-0.15, -0.1) is 0 Å². The van der Waals surface area contributed by atoms with E-state index < -0.39 is 0 Å². The molecule has 3 heteroatoms. The zero-order valence-corrected chi connectivity index (χ0v) is 21.6. The second kappa shape index (κ2) is 7.52.